The van der Waals surface area contributed by atoms with Gasteiger partial charge in [-0.1, -0.05) is 19.9 Å². The lowest BCUT2D eigenvalue weighted by atomic mass is 10.0. The number of nitriles is 1. The molecule has 0 saturated heterocycles. The molecule has 2 rings (SSSR count). The van der Waals surface area contributed by atoms with Crippen molar-refractivity contribution >= 4 is 0 Å². The van der Waals surface area contributed by atoms with E-state index in [0.29, 0.717) is 5.92 Å². The Labute approximate surface area is 102 Å². The first-order chi connectivity index (χ1) is 8.20. The van der Waals surface area contributed by atoms with Gasteiger partial charge in [0.15, 0.2) is 0 Å². The summed E-state index contributed by atoms with van der Waals surface area (Å²) < 4.78 is 5.46. The second kappa shape index (κ2) is 5.20. The molecule has 0 bridgehead atoms. The maximum absolute atomic E-state index is 9.20. The van der Waals surface area contributed by atoms with Crippen LogP contribution in [0, 0.1) is 17.2 Å². The molecular weight excluding hydrogens is 212 g/mol. The van der Waals surface area contributed by atoms with Crippen LogP contribution in [0.15, 0.2) is 18.2 Å². The summed E-state index contributed by atoms with van der Waals surface area (Å²) in [6.07, 6.45) is 0.950. The highest BCUT2D eigenvalue weighted by Gasteiger charge is 2.16. The standard InChI is InChI=1S/C14H18N2O/c1-10(2)9-16-13(8-15)11-3-4-14-12(7-11)5-6-17-14/h3-4,7,10,13,16H,5-6,9H2,1-2H3. The number of hydrogen-bond donors (Lipinski definition) is 1. The van der Waals surface area contributed by atoms with E-state index in [1.807, 2.05) is 12.1 Å². The molecule has 1 atom stereocenters. The summed E-state index contributed by atoms with van der Waals surface area (Å²) in [5.41, 5.74) is 2.26. The topological polar surface area (TPSA) is 45.0 Å². The Bertz CT molecular complexity index is 434. The predicted molar refractivity (Wildman–Crippen MR) is 66.8 cm³/mol. The quantitative estimate of drug-likeness (QED) is 0.864. The lowest BCUT2D eigenvalue weighted by molar-refractivity contribution is 0.357. The highest BCUT2D eigenvalue weighted by molar-refractivity contribution is 5.41. The minimum absolute atomic E-state index is 0.219. The fourth-order valence-corrected chi connectivity index (χ4v) is 1.98. The van der Waals surface area contributed by atoms with E-state index in [-0.39, 0.29) is 6.04 Å². The molecule has 0 saturated carbocycles. The fraction of sp³-hybridized carbons (Fsp3) is 0.500. The lowest BCUT2D eigenvalue weighted by Crippen LogP contribution is -2.24. The van der Waals surface area contributed by atoms with Crippen molar-refractivity contribution in [3.63, 3.8) is 0 Å². The van der Waals surface area contributed by atoms with Crippen LogP contribution in [0.1, 0.15) is 31.0 Å². The molecule has 0 aromatic heterocycles. The SMILES string of the molecule is CC(C)CNC(C#N)c1ccc2c(c1)CCO2. The van der Waals surface area contributed by atoms with E-state index in [9.17, 15) is 5.26 Å². The van der Waals surface area contributed by atoms with E-state index in [2.05, 4.69) is 31.3 Å². The van der Waals surface area contributed by atoms with E-state index in [1.165, 1.54) is 5.56 Å². The van der Waals surface area contributed by atoms with Crippen LogP contribution in [-0.2, 0) is 6.42 Å². The van der Waals surface area contributed by atoms with Crippen LogP contribution < -0.4 is 10.1 Å². The summed E-state index contributed by atoms with van der Waals surface area (Å²) in [6.45, 7) is 5.89. The largest absolute Gasteiger partial charge is 0.493 e. The van der Waals surface area contributed by atoms with Crippen LogP contribution in [-0.4, -0.2) is 13.2 Å². The molecule has 1 aromatic rings. The Hall–Kier alpha value is -1.53. The first kappa shape index (κ1) is 11.9. The van der Waals surface area contributed by atoms with E-state index in [0.717, 1.165) is 30.9 Å². The second-order valence-corrected chi connectivity index (χ2v) is 4.83. The van der Waals surface area contributed by atoms with E-state index in [1.54, 1.807) is 0 Å². The Morgan fingerprint density at radius 2 is 2.29 bits per heavy atom. The highest BCUT2D eigenvalue weighted by Crippen LogP contribution is 2.28. The minimum Gasteiger partial charge on any atom is -0.493 e. The summed E-state index contributed by atoms with van der Waals surface area (Å²) in [5.74, 6) is 1.51. The van der Waals surface area contributed by atoms with Crippen molar-refractivity contribution in [1.82, 2.24) is 5.32 Å². The third-order valence-electron chi connectivity index (χ3n) is 2.91. The fourth-order valence-electron chi connectivity index (χ4n) is 1.98. The summed E-state index contributed by atoms with van der Waals surface area (Å²) in [6, 6.07) is 8.13. The van der Waals surface area contributed by atoms with Gasteiger partial charge < -0.3 is 4.74 Å². The third kappa shape index (κ3) is 2.78. The monoisotopic (exact) mass is 230 g/mol. The van der Waals surface area contributed by atoms with Crippen molar-refractivity contribution in [3.8, 4) is 11.8 Å². The molecule has 0 amide bonds. The maximum Gasteiger partial charge on any atom is 0.122 e. The summed E-state index contributed by atoms with van der Waals surface area (Å²) in [7, 11) is 0. The highest BCUT2D eigenvalue weighted by atomic mass is 16.5. The first-order valence-electron chi connectivity index (χ1n) is 6.09. The molecular formula is C14H18N2O. The van der Waals surface area contributed by atoms with Crippen LogP contribution in [0.5, 0.6) is 5.75 Å². The molecule has 3 heteroatoms. The van der Waals surface area contributed by atoms with E-state index >= 15 is 0 Å². The zero-order valence-corrected chi connectivity index (χ0v) is 10.4. The number of nitrogens with one attached hydrogen (secondary N) is 1. The van der Waals surface area contributed by atoms with Gasteiger partial charge in [-0.05, 0) is 35.7 Å². The molecule has 90 valence electrons. The van der Waals surface area contributed by atoms with Crippen molar-refractivity contribution < 1.29 is 4.74 Å². The van der Waals surface area contributed by atoms with Crippen molar-refractivity contribution in [2.24, 2.45) is 5.92 Å². The molecule has 1 aromatic carbocycles. The molecule has 0 aliphatic carbocycles. The van der Waals surface area contributed by atoms with Gasteiger partial charge in [-0.15, -0.1) is 0 Å². The number of rotatable bonds is 4. The zero-order valence-electron chi connectivity index (χ0n) is 10.4. The van der Waals surface area contributed by atoms with Crippen LogP contribution in [0.2, 0.25) is 0 Å². The number of hydrogen-bond acceptors (Lipinski definition) is 3. The van der Waals surface area contributed by atoms with Gasteiger partial charge in [0.25, 0.3) is 0 Å². The first-order valence-corrected chi connectivity index (χ1v) is 6.09. The van der Waals surface area contributed by atoms with E-state index in [4.69, 9.17) is 4.74 Å². The average molecular weight is 230 g/mol. The van der Waals surface area contributed by atoms with Gasteiger partial charge in [0.05, 0.1) is 12.7 Å². The zero-order chi connectivity index (χ0) is 12.3. The van der Waals surface area contributed by atoms with Gasteiger partial charge in [-0.2, -0.15) is 5.26 Å². The van der Waals surface area contributed by atoms with Crippen LogP contribution in [0.25, 0.3) is 0 Å². The summed E-state index contributed by atoms with van der Waals surface area (Å²) in [5, 5.41) is 12.5. The maximum atomic E-state index is 9.20. The van der Waals surface area contributed by atoms with Crippen LogP contribution >= 0.6 is 0 Å². The molecule has 1 N–H and O–H groups in total. The molecule has 1 aliphatic rings. The Morgan fingerprint density at radius 1 is 1.47 bits per heavy atom. The van der Waals surface area contributed by atoms with E-state index < -0.39 is 0 Å². The lowest BCUT2D eigenvalue weighted by Gasteiger charge is -2.14. The average Bonchev–Trinajstić information content (AvgIpc) is 2.76. The normalized spacial score (nSPS) is 15.2. The molecule has 1 heterocycles. The van der Waals surface area contributed by atoms with Crippen molar-refractivity contribution in [3.05, 3.63) is 29.3 Å². The van der Waals surface area contributed by atoms with Crippen molar-refractivity contribution in [2.45, 2.75) is 26.3 Å². The molecule has 3 nitrogen and oxygen atoms in total. The smallest absolute Gasteiger partial charge is 0.122 e. The minimum atomic E-state index is -0.219. The van der Waals surface area contributed by atoms with Gasteiger partial charge in [0, 0.05) is 6.42 Å². The number of fused-ring (bicyclic) bond motifs is 1. The number of ether oxygens (including phenoxy) is 1. The van der Waals surface area contributed by atoms with Gasteiger partial charge in [-0.3, -0.25) is 5.32 Å². The molecule has 1 unspecified atom stereocenters. The Kier molecular flexibility index (Phi) is 3.65. The van der Waals surface area contributed by atoms with Crippen LogP contribution in [0.4, 0.5) is 0 Å². The predicted octanol–water partition coefficient (Wildman–Crippen LogP) is 2.43. The van der Waals surface area contributed by atoms with Crippen LogP contribution in [0.3, 0.4) is 0 Å². The molecule has 1 aliphatic heterocycles. The van der Waals surface area contributed by atoms with Gasteiger partial charge >= 0.3 is 0 Å². The van der Waals surface area contributed by atoms with Gasteiger partial charge in [-0.25, -0.2) is 0 Å². The number of benzene rings is 1. The molecule has 0 radical (unpaired) electrons. The Morgan fingerprint density at radius 3 is 3.00 bits per heavy atom. The van der Waals surface area contributed by atoms with Crippen molar-refractivity contribution in [2.75, 3.05) is 13.2 Å². The third-order valence-corrected chi connectivity index (χ3v) is 2.91. The molecule has 17 heavy (non-hydrogen) atoms. The Balaban J connectivity index is 2.12. The summed E-state index contributed by atoms with van der Waals surface area (Å²) in [4.78, 5) is 0. The summed E-state index contributed by atoms with van der Waals surface area (Å²) >= 11 is 0. The van der Waals surface area contributed by atoms with Gasteiger partial charge in [0.1, 0.15) is 11.8 Å². The molecule has 0 spiro atoms. The van der Waals surface area contributed by atoms with Crippen molar-refractivity contribution in [1.29, 1.82) is 5.26 Å². The number of nitrogens with zero attached hydrogens (tertiary/aromatic N) is 1. The second-order valence-electron chi connectivity index (χ2n) is 4.83. The van der Waals surface area contributed by atoms with Gasteiger partial charge in [0.2, 0.25) is 0 Å². The molecule has 0 fully saturated rings.